The fourth-order valence-electron chi connectivity index (χ4n) is 2.33. The Morgan fingerprint density at radius 2 is 1.92 bits per heavy atom. The van der Waals surface area contributed by atoms with Crippen molar-refractivity contribution in [3.05, 3.63) is 64.4 Å². The highest BCUT2D eigenvalue weighted by atomic mass is 32.2. The van der Waals surface area contributed by atoms with Gasteiger partial charge in [0.1, 0.15) is 5.82 Å². The van der Waals surface area contributed by atoms with Gasteiger partial charge in [-0.1, -0.05) is 36.0 Å². The van der Waals surface area contributed by atoms with E-state index in [1.807, 2.05) is 48.0 Å². The van der Waals surface area contributed by atoms with Gasteiger partial charge in [0.05, 0.1) is 5.75 Å². The second-order valence-electron chi connectivity index (χ2n) is 5.37. The van der Waals surface area contributed by atoms with Crippen LogP contribution >= 0.6 is 23.1 Å². The molecule has 4 rings (SSSR count). The highest BCUT2D eigenvalue weighted by Gasteiger charge is 2.13. The molecule has 0 unspecified atom stereocenters. The minimum absolute atomic E-state index is 0.535. The number of rotatable bonds is 6. The van der Waals surface area contributed by atoms with Crippen molar-refractivity contribution >= 4 is 23.1 Å². The Hall–Kier alpha value is -2.45. The first kappa shape index (κ1) is 16.0. The zero-order valence-electron chi connectivity index (χ0n) is 13.5. The molecule has 0 aliphatic carbocycles. The van der Waals surface area contributed by atoms with Crippen molar-refractivity contribution in [2.24, 2.45) is 7.05 Å². The number of hydrogen-bond donors (Lipinski definition) is 0. The monoisotopic (exact) mass is 369 g/mol. The van der Waals surface area contributed by atoms with Crippen LogP contribution in [0, 0.1) is 0 Å². The molecule has 3 aromatic heterocycles. The first-order chi connectivity index (χ1) is 12.3. The Bertz CT molecular complexity index is 947. The second kappa shape index (κ2) is 7.20. The topological polar surface area (TPSA) is 69.6 Å². The summed E-state index contributed by atoms with van der Waals surface area (Å²) in [6.07, 6.45) is 0.792. The van der Waals surface area contributed by atoms with Gasteiger partial charge < -0.3 is 8.98 Å². The molecule has 25 heavy (non-hydrogen) atoms. The maximum Gasteiger partial charge on any atom is 0.247 e. The molecule has 0 amide bonds. The van der Waals surface area contributed by atoms with Gasteiger partial charge in [0.15, 0.2) is 5.16 Å². The van der Waals surface area contributed by atoms with E-state index in [9.17, 15) is 0 Å². The second-order valence-corrected chi connectivity index (χ2v) is 7.34. The van der Waals surface area contributed by atoms with Crippen LogP contribution in [0.3, 0.4) is 0 Å². The third-order valence-electron chi connectivity index (χ3n) is 3.65. The minimum atomic E-state index is 0.535. The van der Waals surface area contributed by atoms with Crippen LogP contribution in [0.2, 0.25) is 0 Å². The van der Waals surface area contributed by atoms with E-state index in [2.05, 4.69) is 31.8 Å². The van der Waals surface area contributed by atoms with E-state index in [0.717, 1.165) is 23.0 Å². The van der Waals surface area contributed by atoms with E-state index >= 15 is 0 Å². The van der Waals surface area contributed by atoms with Crippen molar-refractivity contribution in [2.45, 2.75) is 17.3 Å². The van der Waals surface area contributed by atoms with Gasteiger partial charge in [-0.2, -0.15) is 0 Å². The van der Waals surface area contributed by atoms with Gasteiger partial charge in [-0.25, -0.2) is 0 Å². The zero-order chi connectivity index (χ0) is 17.1. The smallest absolute Gasteiger partial charge is 0.247 e. The average molecular weight is 369 g/mol. The summed E-state index contributed by atoms with van der Waals surface area (Å²) in [6.45, 7) is 0. The van der Waals surface area contributed by atoms with Crippen LogP contribution in [0.5, 0.6) is 0 Å². The molecule has 0 aliphatic rings. The molecule has 0 saturated carbocycles. The molecule has 3 heterocycles. The van der Waals surface area contributed by atoms with Crippen molar-refractivity contribution in [2.75, 3.05) is 0 Å². The third kappa shape index (κ3) is 3.64. The fourth-order valence-corrected chi connectivity index (χ4v) is 3.80. The molecule has 0 spiro atoms. The van der Waals surface area contributed by atoms with E-state index in [1.165, 1.54) is 16.6 Å². The SMILES string of the molecule is Cn1c(Cc2cccs2)nnc1SCc1nnc(-c2ccccc2)o1. The average Bonchev–Trinajstić information content (AvgIpc) is 3.38. The maximum atomic E-state index is 5.72. The zero-order valence-corrected chi connectivity index (χ0v) is 15.1. The standard InChI is InChI=1S/C17H15N5OS2/c1-22-14(10-13-8-5-9-24-13)18-21-17(22)25-11-15-19-20-16(23-15)12-6-3-2-4-7-12/h2-9H,10-11H2,1H3. The first-order valence-corrected chi connectivity index (χ1v) is 9.57. The van der Waals surface area contributed by atoms with E-state index < -0.39 is 0 Å². The van der Waals surface area contributed by atoms with Gasteiger partial charge in [-0.05, 0) is 23.6 Å². The van der Waals surface area contributed by atoms with Crippen LogP contribution in [0.1, 0.15) is 16.6 Å². The lowest BCUT2D eigenvalue weighted by molar-refractivity contribution is 0.528. The summed E-state index contributed by atoms with van der Waals surface area (Å²) in [5.74, 6) is 2.62. The van der Waals surface area contributed by atoms with Gasteiger partial charge in [-0.3, -0.25) is 0 Å². The van der Waals surface area contributed by atoms with E-state index in [4.69, 9.17) is 4.42 Å². The Balaban J connectivity index is 1.42. The van der Waals surface area contributed by atoms with Crippen molar-refractivity contribution in [1.82, 2.24) is 25.0 Å². The number of thiophene rings is 1. The van der Waals surface area contributed by atoms with Crippen LogP contribution in [-0.4, -0.2) is 25.0 Å². The molecule has 0 atom stereocenters. The number of aromatic nitrogens is 5. The third-order valence-corrected chi connectivity index (χ3v) is 5.53. The molecule has 1 aromatic carbocycles. The summed E-state index contributed by atoms with van der Waals surface area (Å²) in [5, 5.41) is 19.7. The summed E-state index contributed by atoms with van der Waals surface area (Å²) in [6, 6.07) is 13.9. The maximum absolute atomic E-state index is 5.72. The Morgan fingerprint density at radius 1 is 1.04 bits per heavy atom. The minimum Gasteiger partial charge on any atom is -0.420 e. The Kier molecular flexibility index (Phi) is 4.62. The Labute approximate surface area is 152 Å². The predicted octanol–water partition coefficient (Wildman–Crippen LogP) is 3.81. The van der Waals surface area contributed by atoms with Gasteiger partial charge in [0.2, 0.25) is 11.8 Å². The fraction of sp³-hybridized carbons (Fsp3) is 0.176. The van der Waals surface area contributed by atoms with Crippen LogP contribution in [-0.2, 0) is 19.2 Å². The molecule has 0 aliphatic heterocycles. The molecule has 0 saturated heterocycles. The van der Waals surface area contributed by atoms with Gasteiger partial charge in [0.25, 0.3) is 0 Å². The van der Waals surface area contributed by atoms with E-state index in [0.29, 0.717) is 17.5 Å². The van der Waals surface area contributed by atoms with Crippen molar-refractivity contribution in [3.63, 3.8) is 0 Å². The number of thioether (sulfide) groups is 1. The molecular weight excluding hydrogens is 354 g/mol. The number of benzene rings is 1. The summed E-state index contributed by atoms with van der Waals surface area (Å²) in [5.41, 5.74) is 0.920. The molecule has 126 valence electrons. The van der Waals surface area contributed by atoms with Gasteiger partial charge >= 0.3 is 0 Å². The molecule has 6 nitrogen and oxygen atoms in total. The summed E-state index contributed by atoms with van der Waals surface area (Å²) in [7, 11) is 1.98. The molecule has 4 aromatic rings. The highest BCUT2D eigenvalue weighted by molar-refractivity contribution is 7.98. The van der Waals surface area contributed by atoms with E-state index in [-0.39, 0.29) is 0 Å². The largest absolute Gasteiger partial charge is 0.420 e. The van der Waals surface area contributed by atoms with Crippen LogP contribution in [0.25, 0.3) is 11.5 Å². The summed E-state index contributed by atoms with van der Waals surface area (Å²) >= 11 is 3.26. The number of hydrogen-bond acceptors (Lipinski definition) is 7. The lowest BCUT2D eigenvalue weighted by atomic mass is 10.2. The van der Waals surface area contributed by atoms with Gasteiger partial charge in [-0.15, -0.1) is 31.7 Å². The molecule has 0 N–H and O–H groups in total. The Morgan fingerprint density at radius 3 is 2.72 bits per heavy atom. The van der Waals surface area contributed by atoms with Crippen molar-refractivity contribution in [1.29, 1.82) is 0 Å². The van der Waals surface area contributed by atoms with Crippen LogP contribution < -0.4 is 0 Å². The van der Waals surface area contributed by atoms with Crippen LogP contribution in [0.4, 0.5) is 0 Å². The van der Waals surface area contributed by atoms with Crippen molar-refractivity contribution in [3.8, 4) is 11.5 Å². The summed E-state index contributed by atoms with van der Waals surface area (Å²) < 4.78 is 7.74. The first-order valence-electron chi connectivity index (χ1n) is 7.71. The molecule has 8 heteroatoms. The number of nitrogens with zero attached hydrogens (tertiary/aromatic N) is 5. The van der Waals surface area contributed by atoms with E-state index in [1.54, 1.807) is 11.3 Å². The summed E-state index contributed by atoms with van der Waals surface area (Å²) in [4.78, 5) is 1.27. The lowest BCUT2D eigenvalue weighted by Gasteiger charge is -2.01. The quantitative estimate of drug-likeness (QED) is 0.481. The molecular formula is C17H15N5OS2. The lowest BCUT2D eigenvalue weighted by Crippen LogP contribution is -1.99. The molecule has 0 radical (unpaired) electrons. The highest BCUT2D eigenvalue weighted by Crippen LogP contribution is 2.24. The predicted molar refractivity (Wildman–Crippen MR) is 97.4 cm³/mol. The van der Waals surface area contributed by atoms with Crippen LogP contribution in [0.15, 0.2) is 57.4 Å². The van der Waals surface area contributed by atoms with Gasteiger partial charge in [0, 0.05) is 23.9 Å². The van der Waals surface area contributed by atoms with Crippen molar-refractivity contribution < 1.29 is 4.42 Å². The molecule has 0 bridgehead atoms. The molecule has 0 fully saturated rings. The normalized spacial score (nSPS) is 11.1.